The molecule has 18 heavy (non-hydrogen) atoms. The molecule has 0 spiro atoms. The lowest BCUT2D eigenvalue weighted by Crippen LogP contribution is -2.33. The highest BCUT2D eigenvalue weighted by atomic mass is 32.2. The lowest BCUT2D eigenvalue weighted by molar-refractivity contribution is 0.0465. The number of nitrogens with zero attached hydrogens (tertiary/aromatic N) is 2. The first-order chi connectivity index (χ1) is 8.31. The van der Waals surface area contributed by atoms with Gasteiger partial charge in [-0.2, -0.15) is 4.31 Å². The molecular formula is C12H20N2O3S. The summed E-state index contributed by atoms with van der Waals surface area (Å²) >= 11 is 0. The number of hydrogen-bond acceptors (Lipinski definition) is 3. The van der Waals surface area contributed by atoms with Crippen LogP contribution >= 0.6 is 0 Å². The summed E-state index contributed by atoms with van der Waals surface area (Å²) in [7, 11) is -1.62. The molecule has 0 radical (unpaired) electrons. The fourth-order valence-electron chi connectivity index (χ4n) is 2.26. The minimum atomic E-state index is -3.41. The van der Waals surface area contributed by atoms with Crippen molar-refractivity contribution in [1.82, 2.24) is 8.87 Å². The van der Waals surface area contributed by atoms with Gasteiger partial charge in [0.1, 0.15) is 0 Å². The van der Waals surface area contributed by atoms with Crippen LogP contribution in [0.15, 0.2) is 23.4 Å². The van der Waals surface area contributed by atoms with E-state index in [1.54, 1.807) is 37.0 Å². The van der Waals surface area contributed by atoms with E-state index in [4.69, 9.17) is 0 Å². The average molecular weight is 272 g/mol. The molecule has 2 heterocycles. The second-order valence-corrected chi connectivity index (χ2v) is 7.21. The van der Waals surface area contributed by atoms with E-state index in [2.05, 4.69) is 0 Å². The second kappa shape index (κ2) is 4.68. The van der Waals surface area contributed by atoms with Gasteiger partial charge in [0.2, 0.25) is 10.0 Å². The van der Waals surface area contributed by atoms with Crippen LogP contribution in [0.3, 0.4) is 0 Å². The Morgan fingerprint density at radius 3 is 2.67 bits per heavy atom. The lowest BCUT2D eigenvalue weighted by atomic mass is 9.98. The van der Waals surface area contributed by atoms with Crippen molar-refractivity contribution in [2.24, 2.45) is 7.05 Å². The van der Waals surface area contributed by atoms with Gasteiger partial charge in [0.05, 0.1) is 10.5 Å². The molecular weight excluding hydrogens is 252 g/mol. The highest BCUT2D eigenvalue weighted by Gasteiger charge is 2.31. The monoisotopic (exact) mass is 272 g/mol. The predicted octanol–water partition coefficient (Wildman–Crippen LogP) is 0.951. The van der Waals surface area contributed by atoms with Gasteiger partial charge in [-0.05, 0) is 32.3 Å². The molecule has 6 heteroatoms. The van der Waals surface area contributed by atoms with E-state index in [9.17, 15) is 13.5 Å². The Morgan fingerprint density at radius 1 is 1.33 bits per heavy atom. The normalized spacial score (nSPS) is 27.1. The molecule has 1 saturated heterocycles. The first kappa shape index (κ1) is 13.6. The topological polar surface area (TPSA) is 62.5 Å². The van der Waals surface area contributed by atoms with E-state index in [1.807, 2.05) is 0 Å². The molecule has 1 aliphatic rings. The summed E-state index contributed by atoms with van der Waals surface area (Å²) < 4.78 is 28.0. The number of aryl methyl sites for hydroxylation is 1. The first-order valence-corrected chi connectivity index (χ1v) is 7.60. The van der Waals surface area contributed by atoms with Gasteiger partial charge in [-0.1, -0.05) is 0 Å². The van der Waals surface area contributed by atoms with Crippen molar-refractivity contribution in [3.05, 3.63) is 18.5 Å². The Labute approximate surface area is 108 Å². The highest BCUT2D eigenvalue weighted by Crippen LogP contribution is 2.25. The van der Waals surface area contributed by atoms with E-state index >= 15 is 0 Å². The van der Waals surface area contributed by atoms with Crippen LogP contribution in [0.1, 0.15) is 26.2 Å². The van der Waals surface area contributed by atoms with Crippen molar-refractivity contribution < 1.29 is 13.5 Å². The maximum absolute atomic E-state index is 12.4. The summed E-state index contributed by atoms with van der Waals surface area (Å²) in [5.74, 6) is 0. The van der Waals surface area contributed by atoms with Gasteiger partial charge >= 0.3 is 0 Å². The van der Waals surface area contributed by atoms with Crippen LogP contribution in [0.4, 0.5) is 0 Å². The number of aliphatic hydroxyl groups is 1. The molecule has 1 aromatic rings. The molecule has 1 aliphatic heterocycles. The Morgan fingerprint density at radius 2 is 2.06 bits per heavy atom. The van der Waals surface area contributed by atoms with Gasteiger partial charge in [-0.25, -0.2) is 8.42 Å². The molecule has 0 amide bonds. The zero-order valence-corrected chi connectivity index (χ0v) is 11.7. The zero-order valence-electron chi connectivity index (χ0n) is 10.8. The third kappa shape index (κ3) is 2.76. The Balaban J connectivity index is 2.21. The quantitative estimate of drug-likeness (QED) is 0.872. The van der Waals surface area contributed by atoms with E-state index in [0.717, 1.165) is 0 Å². The van der Waals surface area contributed by atoms with Crippen LogP contribution in [-0.4, -0.2) is 41.1 Å². The molecule has 0 saturated carbocycles. The van der Waals surface area contributed by atoms with Crippen molar-refractivity contribution >= 4 is 10.0 Å². The Bertz CT molecular complexity index is 519. The summed E-state index contributed by atoms with van der Waals surface area (Å²) in [6, 6.07) is 1.61. The molecule has 0 aromatic carbocycles. The van der Waals surface area contributed by atoms with Crippen LogP contribution in [0.5, 0.6) is 0 Å². The first-order valence-electron chi connectivity index (χ1n) is 6.16. The molecule has 1 N–H and O–H groups in total. The van der Waals surface area contributed by atoms with Crippen molar-refractivity contribution in [3.8, 4) is 0 Å². The average Bonchev–Trinajstić information content (AvgIpc) is 2.61. The van der Waals surface area contributed by atoms with E-state index in [0.29, 0.717) is 37.2 Å². The molecule has 0 bridgehead atoms. The summed E-state index contributed by atoms with van der Waals surface area (Å²) in [4.78, 5) is 0.326. The van der Waals surface area contributed by atoms with Gasteiger partial charge in [-0.15, -0.1) is 0 Å². The van der Waals surface area contributed by atoms with Crippen molar-refractivity contribution in [3.63, 3.8) is 0 Å². The minimum absolute atomic E-state index is 0.326. The Kier molecular flexibility index (Phi) is 3.53. The molecule has 0 aliphatic carbocycles. The van der Waals surface area contributed by atoms with Crippen molar-refractivity contribution in [1.29, 1.82) is 0 Å². The van der Waals surface area contributed by atoms with Gasteiger partial charge in [0, 0.05) is 32.5 Å². The van der Waals surface area contributed by atoms with Gasteiger partial charge in [-0.3, -0.25) is 0 Å². The van der Waals surface area contributed by atoms with Crippen molar-refractivity contribution in [2.45, 2.75) is 36.7 Å². The van der Waals surface area contributed by atoms with E-state index < -0.39 is 15.6 Å². The number of hydrogen-bond donors (Lipinski definition) is 1. The lowest BCUT2D eigenvalue weighted by Gasteiger charge is -2.21. The smallest absolute Gasteiger partial charge is 0.244 e. The minimum Gasteiger partial charge on any atom is -0.390 e. The van der Waals surface area contributed by atoms with Gasteiger partial charge < -0.3 is 9.67 Å². The maximum Gasteiger partial charge on any atom is 0.244 e. The molecule has 102 valence electrons. The van der Waals surface area contributed by atoms with E-state index in [-0.39, 0.29) is 0 Å². The van der Waals surface area contributed by atoms with Crippen LogP contribution in [-0.2, 0) is 17.1 Å². The number of sulfonamides is 1. The third-order valence-corrected chi connectivity index (χ3v) is 5.35. The summed E-state index contributed by atoms with van der Waals surface area (Å²) in [6.07, 6.45) is 5.16. The standard InChI is InChI=1S/C12H20N2O3S/c1-12(15)5-3-7-14(9-6-12)18(16,17)11-4-8-13(2)10-11/h4,8,10,15H,3,5-7,9H2,1-2H3. The zero-order chi connectivity index (χ0) is 13.4. The fourth-order valence-corrected chi connectivity index (χ4v) is 3.79. The summed E-state index contributed by atoms with van der Waals surface area (Å²) in [5.41, 5.74) is -0.749. The van der Waals surface area contributed by atoms with Gasteiger partial charge in [0.15, 0.2) is 0 Å². The SMILES string of the molecule is Cn1ccc(S(=O)(=O)N2CCCC(C)(O)CC2)c1. The largest absolute Gasteiger partial charge is 0.390 e. The predicted molar refractivity (Wildman–Crippen MR) is 68.6 cm³/mol. The van der Waals surface area contributed by atoms with Gasteiger partial charge in [0.25, 0.3) is 0 Å². The van der Waals surface area contributed by atoms with Crippen molar-refractivity contribution in [2.75, 3.05) is 13.1 Å². The Hall–Kier alpha value is -0.850. The molecule has 1 fully saturated rings. The maximum atomic E-state index is 12.4. The second-order valence-electron chi connectivity index (χ2n) is 5.27. The fraction of sp³-hybridized carbons (Fsp3) is 0.667. The molecule has 1 aromatic heterocycles. The molecule has 1 unspecified atom stereocenters. The van der Waals surface area contributed by atoms with Crippen LogP contribution in [0, 0.1) is 0 Å². The molecule has 2 rings (SSSR count). The number of aromatic nitrogens is 1. The summed E-state index contributed by atoms with van der Waals surface area (Å²) in [6.45, 7) is 2.63. The van der Waals surface area contributed by atoms with Crippen LogP contribution in [0.2, 0.25) is 0 Å². The molecule has 1 atom stereocenters. The van der Waals surface area contributed by atoms with Crippen LogP contribution < -0.4 is 0 Å². The molecule has 5 nitrogen and oxygen atoms in total. The summed E-state index contributed by atoms with van der Waals surface area (Å²) in [5, 5.41) is 9.99. The highest BCUT2D eigenvalue weighted by molar-refractivity contribution is 7.89. The number of rotatable bonds is 2. The third-order valence-electron chi connectivity index (χ3n) is 3.47. The van der Waals surface area contributed by atoms with Crippen LogP contribution in [0.25, 0.3) is 0 Å². The van der Waals surface area contributed by atoms with E-state index in [1.165, 1.54) is 4.31 Å².